The zero-order valence-corrected chi connectivity index (χ0v) is 14.1. The number of carbonyl (C=O) groups excluding carboxylic acids is 1. The second-order valence-corrected chi connectivity index (χ2v) is 8.33. The molecule has 0 aromatic carbocycles. The Labute approximate surface area is 143 Å². The van der Waals surface area contributed by atoms with Crippen LogP contribution in [0, 0.1) is 23.2 Å². The molecular formula is C15H22F2O6S. The highest BCUT2D eigenvalue weighted by Gasteiger charge is 2.51. The van der Waals surface area contributed by atoms with Gasteiger partial charge in [0, 0.05) is 5.41 Å². The van der Waals surface area contributed by atoms with Gasteiger partial charge in [-0.3, -0.25) is 0 Å². The lowest BCUT2D eigenvalue weighted by atomic mass is 9.50. The van der Waals surface area contributed by atoms with E-state index in [0.29, 0.717) is 6.61 Å². The van der Waals surface area contributed by atoms with Gasteiger partial charge >= 0.3 is 11.2 Å². The second-order valence-electron chi connectivity index (χ2n) is 7.43. The minimum atomic E-state index is -3.44. The van der Waals surface area contributed by atoms with Crippen molar-refractivity contribution in [2.45, 2.75) is 43.8 Å². The number of carbonyl (C=O) groups is 1. The predicted molar refractivity (Wildman–Crippen MR) is 79.7 cm³/mol. The first kappa shape index (κ1) is 18.3. The third-order valence-electron chi connectivity index (χ3n) is 5.38. The van der Waals surface area contributed by atoms with Crippen LogP contribution in [0.1, 0.15) is 38.5 Å². The molecule has 0 aliphatic heterocycles. The summed E-state index contributed by atoms with van der Waals surface area (Å²) >= 11 is -0.400. The molecular weight excluding hydrogens is 346 g/mol. The van der Waals surface area contributed by atoms with Crippen LogP contribution in [0.15, 0.2) is 0 Å². The van der Waals surface area contributed by atoms with Gasteiger partial charge in [0.25, 0.3) is 0 Å². The number of rotatable bonds is 9. The smallest absolute Gasteiger partial charge is 0.343 e. The van der Waals surface area contributed by atoms with Gasteiger partial charge in [0.1, 0.15) is 25.3 Å². The monoisotopic (exact) mass is 368 g/mol. The molecule has 0 atom stereocenters. The van der Waals surface area contributed by atoms with E-state index < -0.39 is 36.5 Å². The fourth-order valence-corrected chi connectivity index (χ4v) is 5.35. The summed E-state index contributed by atoms with van der Waals surface area (Å²) in [5.74, 6) is 1.65. The Balaban J connectivity index is 1.37. The largest absolute Gasteiger partial charge is 0.463 e. The molecule has 138 valence electrons. The second kappa shape index (κ2) is 7.41. The number of alkyl halides is 2. The van der Waals surface area contributed by atoms with Gasteiger partial charge in [-0.2, -0.15) is 8.78 Å². The van der Waals surface area contributed by atoms with Gasteiger partial charge in [-0.1, -0.05) is 5.04 Å². The van der Waals surface area contributed by atoms with Gasteiger partial charge < -0.3 is 9.47 Å². The van der Waals surface area contributed by atoms with Crippen LogP contribution in [0.2, 0.25) is 0 Å². The maximum atomic E-state index is 13.1. The summed E-state index contributed by atoms with van der Waals surface area (Å²) in [6.07, 6.45) is 7.26. The summed E-state index contributed by atoms with van der Waals surface area (Å²) < 4.78 is 39.9. The Morgan fingerprint density at radius 2 is 1.75 bits per heavy atom. The SMILES string of the molecule is O=C(COCC(F)(F)SOOO)OCC12CC3CC(CC(C3)C1)C2. The third-order valence-corrected chi connectivity index (χ3v) is 5.87. The fourth-order valence-electron chi connectivity index (χ4n) is 5.08. The Bertz CT molecular complexity index is 426. The lowest BCUT2D eigenvalue weighted by molar-refractivity contribution is -0.433. The molecule has 4 fully saturated rings. The Hall–Kier alpha value is -0.480. The van der Waals surface area contributed by atoms with Crippen molar-refractivity contribution in [2.75, 3.05) is 19.8 Å². The van der Waals surface area contributed by atoms with E-state index in [1.165, 1.54) is 19.3 Å². The number of ether oxygens (including phenoxy) is 2. The lowest BCUT2D eigenvalue weighted by Crippen LogP contribution is -2.48. The van der Waals surface area contributed by atoms with Gasteiger partial charge in [0.2, 0.25) is 0 Å². The van der Waals surface area contributed by atoms with Gasteiger partial charge in [-0.25, -0.2) is 10.1 Å². The van der Waals surface area contributed by atoms with Crippen molar-refractivity contribution in [1.29, 1.82) is 0 Å². The molecule has 0 saturated heterocycles. The van der Waals surface area contributed by atoms with Crippen LogP contribution in [0.25, 0.3) is 0 Å². The molecule has 0 radical (unpaired) electrons. The van der Waals surface area contributed by atoms with E-state index in [1.54, 1.807) is 0 Å². The average molecular weight is 368 g/mol. The number of esters is 1. The Morgan fingerprint density at radius 3 is 2.29 bits per heavy atom. The summed E-state index contributed by atoms with van der Waals surface area (Å²) in [5, 5.41) is 7.49. The van der Waals surface area contributed by atoms with Crippen molar-refractivity contribution < 1.29 is 37.7 Å². The van der Waals surface area contributed by atoms with Crippen molar-refractivity contribution in [3.63, 3.8) is 0 Å². The maximum Gasteiger partial charge on any atom is 0.343 e. The maximum absolute atomic E-state index is 13.1. The highest BCUT2D eigenvalue weighted by atomic mass is 32.2. The Kier molecular flexibility index (Phi) is 5.65. The molecule has 0 unspecified atom stereocenters. The highest BCUT2D eigenvalue weighted by molar-refractivity contribution is 7.95. The summed E-state index contributed by atoms with van der Waals surface area (Å²) in [7, 11) is 0. The minimum Gasteiger partial charge on any atom is -0.463 e. The van der Waals surface area contributed by atoms with Gasteiger partial charge in [0.15, 0.2) is 0 Å². The Morgan fingerprint density at radius 1 is 1.17 bits per heavy atom. The van der Waals surface area contributed by atoms with E-state index in [-0.39, 0.29) is 5.41 Å². The van der Waals surface area contributed by atoms with Crippen LogP contribution in [-0.4, -0.2) is 36.3 Å². The first-order chi connectivity index (χ1) is 11.4. The van der Waals surface area contributed by atoms with E-state index in [2.05, 4.69) is 14.1 Å². The molecule has 9 heteroatoms. The average Bonchev–Trinajstić information content (AvgIpc) is 2.50. The number of hydrogen-bond donors (Lipinski definition) is 1. The molecule has 6 nitrogen and oxygen atoms in total. The van der Waals surface area contributed by atoms with E-state index in [9.17, 15) is 13.6 Å². The standard InChI is InChI=1S/C15H22F2O6S/c16-15(17,24-23-22-19)9-20-7-13(18)21-8-14-4-10-1-11(5-14)3-12(2-10)6-14/h10-12,19H,1-9H2. The summed E-state index contributed by atoms with van der Waals surface area (Å²) in [6.45, 7) is -1.22. The highest BCUT2D eigenvalue weighted by Crippen LogP contribution is 2.60. The van der Waals surface area contributed by atoms with Gasteiger partial charge in [-0.15, -0.1) is 4.33 Å². The van der Waals surface area contributed by atoms with Crippen LogP contribution in [-0.2, 0) is 23.6 Å². The van der Waals surface area contributed by atoms with E-state index in [4.69, 9.17) is 9.99 Å². The zero-order valence-electron chi connectivity index (χ0n) is 13.2. The van der Waals surface area contributed by atoms with Crippen LogP contribution >= 0.6 is 12.0 Å². The molecule has 4 aliphatic carbocycles. The number of hydrogen-bond acceptors (Lipinski definition) is 7. The van der Waals surface area contributed by atoms with Crippen LogP contribution in [0.5, 0.6) is 0 Å². The third kappa shape index (κ3) is 4.57. The molecule has 0 amide bonds. The van der Waals surface area contributed by atoms with Gasteiger partial charge in [-0.05, 0) is 56.3 Å². The van der Waals surface area contributed by atoms with Crippen LogP contribution in [0.3, 0.4) is 0 Å². The summed E-state index contributed by atoms with van der Waals surface area (Å²) in [6, 6.07) is 0. The fraction of sp³-hybridized carbons (Fsp3) is 0.933. The van der Waals surface area contributed by atoms with Crippen molar-refractivity contribution in [3.05, 3.63) is 0 Å². The van der Waals surface area contributed by atoms with Crippen LogP contribution < -0.4 is 0 Å². The van der Waals surface area contributed by atoms with E-state index in [0.717, 1.165) is 37.0 Å². The quantitative estimate of drug-likeness (QED) is 0.289. The van der Waals surface area contributed by atoms with Crippen molar-refractivity contribution in [1.82, 2.24) is 0 Å². The molecule has 1 N–H and O–H groups in total. The van der Waals surface area contributed by atoms with Crippen molar-refractivity contribution in [2.24, 2.45) is 23.2 Å². The van der Waals surface area contributed by atoms with E-state index >= 15 is 0 Å². The molecule has 0 spiro atoms. The molecule has 4 aliphatic rings. The minimum absolute atomic E-state index is 0.0938. The predicted octanol–water partition coefficient (Wildman–Crippen LogP) is 3.42. The molecule has 4 bridgehead atoms. The summed E-state index contributed by atoms with van der Waals surface area (Å²) in [4.78, 5) is 11.7. The lowest BCUT2D eigenvalue weighted by Gasteiger charge is -2.56. The molecule has 0 aromatic rings. The topological polar surface area (TPSA) is 74.2 Å². The number of halogens is 2. The summed E-state index contributed by atoms with van der Waals surface area (Å²) in [5.41, 5.74) is 0.0938. The molecule has 24 heavy (non-hydrogen) atoms. The molecule has 4 rings (SSSR count). The molecule has 0 aromatic heterocycles. The first-order valence-electron chi connectivity index (χ1n) is 8.17. The first-order valence-corrected chi connectivity index (χ1v) is 8.91. The van der Waals surface area contributed by atoms with E-state index in [1.807, 2.05) is 0 Å². The van der Waals surface area contributed by atoms with Crippen molar-refractivity contribution >= 4 is 18.0 Å². The molecule has 4 saturated carbocycles. The van der Waals surface area contributed by atoms with Crippen LogP contribution in [0.4, 0.5) is 8.78 Å². The van der Waals surface area contributed by atoms with Crippen molar-refractivity contribution in [3.8, 4) is 0 Å². The van der Waals surface area contributed by atoms with Gasteiger partial charge in [0.05, 0.1) is 6.61 Å². The zero-order chi connectivity index (χ0) is 17.2. The molecule has 0 heterocycles. The normalized spacial score (nSPS) is 34.5.